The molecule has 6 nitrogen and oxygen atoms in total. The maximum Gasteiger partial charge on any atom is 0.303 e. The normalized spacial score (nSPS) is 17.4. The second-order valence-corrected chi connectivity index (χ2v) is 7.70. The first-order chi connectivity index (χ1) is 13.1. The van der Waals surface area contributed by atoms with Gasteiger partial charge in [-0.3, -0.25) is 19.4 Å². The topological polar surface area (TPSA) is 87.6 Å². The van der Waals surface area contributed by atoms with Crippen LogP contribution in [0.4, 0.5) is 0 Å². The lowest BCUT2D eigenvalue weighted by Gasteiger charge is -2.34. The Morgan fingerprint density at radius 1 is 1.33 bits per heavy atom. The Balaban J connectivity index is 1.80. The number of ketones is 1. The van der Waals surface area contributed by atoms with Crippen LogP contribution in [0.1, 0.15) is 37.8 Å². The zero-order valence-corrected chi connectivity index (χ0v) is 16.2. The Bertz CT molecular complexity index is 663. The number of thioether (sulfide) groups is 1. The van der Waals surface area contributed by atoms with Crippen molar-refractivity contribution in [3.05, 3.63) is 42.2 Å². The summed E-state index contributed by atoms with van der Waals surface area (Å²) in [5.41, 5.74) is 0.737. The molecule has 1 aromatic heterocycles. The van der Waals surface area contributed by atoms with Crippen molar-refractivity contribution in [2.45, 2.75) is 44.6 Å². The second kappa shape index (κ2) is 11.5. The van der Waals surface area contributed by atoms with Crippen LogP contribution in [-0.4, -0.2) is 56.7 Å². The average molecular weight is 391 g/mol. The fourth-order valence-electron chi connectivity index (χ4n) is 2.99. The van der Waals surface area contributed by atoms with Gasteiger partial charge in [0, 0.05) is 37.0 Å². The van der Waals surface area contributed by atoms with E-state index in [1.54, 1.807) is 24.0 Å². The molecule has 0 saturated carbocycles. The molecule has 1 aliphatic heterocycles. The number of hydrogen-bond acceptors (Lipinski definition) is 5. The van der Waals surface area contributed by atoms with Crippen molar-refractivity contribution in [3.63, 3.8) is 0 Å². The molecule has 0 unspecified atom stereocenters. The number of likely N-dealkylation sites (tertiary alicyclic amines) is 1. The van der Waals surface area contributed by atoms with Crippen molar-refractivity contribution in [1.82, 2.24) is 9.88 Å². The van der Waals surface area contributed by atoms with Crippen molar-refractivity contribution < 1.29 is 19.5 Å². The van der Waals surface area contributed by atoms with Gasteiger partial charge in [-0.25, -0.2) is 0 Å². The van der Waals surface area contributed by atoms with Crippen LogP contribution >= 0.6 is 11.8 Å². The molecular formula is C20H26N2O4S. The number of carbonyl (C=O) groups excluding carboxylic acids is 2. The number of carboxylic acid groups (broad SMARTS) is 1. The van der Waals surface area contributed by atoms with E-state index in [0.29, 0.717) is 19.4 Å². The third kappa shape index (κ3) is 7.95. The molecule has 1 saturated heterocycles. The molecule has 2 rings (SSSR count). The van der Waals surface area contributed by atoms with Gasteiger partial charge in [0.05, 0.1) is 12.5 Å². The summed E-state index contributed by atoms with van der Waals surface area (Å²) < 4.78 is 0. The van der Waals surface area contributed by atoms with Crippen LogP contribution in [0.3, 0.4) is 0 Å². The lowest BCUT2D eigenvalue weighted by molar-refractivity contribution is -0.137. The van der Waals surface area contributed by atoms with E-state index >= 15 is 0 Å². The molecule has 0 radical (unpaired) electrons. The summed E-state index contributed by atoms with van der Waals surface area (Å²) in [6, 6.07) is 5.45. The highest BCUT2D eigenvalue weighted by Gasteiger charge is 2.25. The van der Waals surface area contributed by atoms with Gasteiger partial charge in [0.1, 0.15) is 0 Å². The van der Waals surface area contributed by atoms with Gasteiger partial charge >= 0.3 is 5.97 Å². The molecule has 146 valence electrons. The Morgan fingerprint density at radius 2 is 2.19 bits per heavy atom. The molecule has 0 aliphatic carbocycles. The highest BCUT2D eigenvalue weighted by atomic mass is 32.2. The third-order valence-electron chi connectivity index (χ3n) is 4.35. The number of rotatable bonds is 11. The molecule has 0 aromatic carbocycles. The summed E-state index contributed by atoms with van der Waals surface area (Å²) >= 11 is 1.66. The average Bonchev–Trinajstić information content (AvgIpc) is 2.65. The SMILES string of the molecule is O=C(O)CCCSCCN1C(=O)CCC[C@@H]1C=CC(=O)Cc1ccccn1. The van der Waals surface area contributed by atoms with E-state index in [1.807, 2.05) is 29.2 Å². The lowest BCUT2D eigenvalue weighted by atomic mass is 10.0. The zero-order chi connectivity index (χ0) is 19.5. The molecule has 27 heavy (non-hydrogen) atoms. The van der Waals surface area contributed by atoms with Crippen LogP contribution in [0, 0.1) is 0 Å². The molecule has 1 N–H and O–H groups in total. The van der Waals surface area contributed by atoms with Crippen LogP contribution in [0.15, 0.2) is 36.5 Å². The van der Waals surface area contributed by atoms with Crippen LogP contribution in [-0.2, 0) is 20.8 Å². The maximum absolute atomic E-state index is 12.3. The number of pyridine rings is 1. The van der Waals surface area contributed by atoms with Crippen molar-refractivity contribution in [3.8, 4) is 0 Å². The molecule has 1 amide bonds. The number of aromatic nitrogens is 1. The Kier molecular flexibility index (Phi) is 9.04. The molecule has 1 aromatic rings. The van der Waals surface area contributed by atoms with E-state index in [-0.39, 0.29) is 30.6 Å². The second-order valence-electron chi connectivity index (χ2n) is 6.48. The van der Waals surface area contributed by atoms with Crippen molar-refractivity contribution in [1.29, 1.82) is 0 Å². The monoisotopic (exact) mass is 390 g/mol. The van der Waals surface area contributed by atoms with E-state index in [9.17, 15) is 14.4 Å². The number of hydrogen-bond donors (Lipinski definition) is 1. The lowest BCUT2D eigenvalue weighted by Crippen LogP contribution is -2.43. The van der Waals surface area contributed by atoms with Crippen LogP contribution in [0.5, 0.6) is 0 Å². The number of allylic oxidation sites excluding steroid dienone is 1. The first kappa shape index (κ1) is 21.2. The van der Waals surface area contributed by atoms with Gasteiger partial charge in [0.25, 0.3) is 0 Å². The Labute approximate surface area is 164 Å². The number of carboxylic acids is 1. The van der Waals surface area contributed by atoms with E-state index < -0.39 is 5.97 Å². The molecule has 1 aliphatic rings. The molecule has 1 fully saturated rings. The van der Waals surface area contributed by atoms with E-state index in [0.717, 1.165) is 30.0 Å². The number of piperidine rings is 1. The Hall–Kier alpha value is -2.15. The summed E-state index contributed by atoms with van der Waals surface area (Å²) in [5.74, 6) is 0.880. The van der Waals surface area contributed by atoms with Gasteiger partial charge < -0.3 is 10.0 Å². The largest absolute Gasteiger partial charge is 0.481 e. The van der Waals surface area contributed by atoms with Crippen LogP contribution in [0.25, 0.3) is 0 Å². The smallest absolute Gasteiger partial charge is 0.303 e. The predicted molar refractivity (Wildman–Crippen MR) is 106 cm³/mol. The first-order valence-electron chi connectivity index (χ1n) is 9.26. The first-order valence-corrected chi connectivity index (χ1v) is 10.4. The number of nitrogens with zero attached hydrogens (tertiary/aromatic N) is 2. The zero-order valence-electron chi connectivity index (χ0n) is 15.4. The predicted octanol–water partition coefficient (Wildman–Crippen LogP) is 2.73. The minimum Gasteiger partial charge on any atom is -0.481 e. The van der Waals surface area contributed by atoms with Gasteiger partial charge in [0.2, 0.25) is 5.91 Å². The van der Waals surface area contributed by atoms with Crippen molar-refractivity contribution in [2.24, 2.45) is 0 Å². The molecule has 1 atom stereocenters. The number of aliphatic carboxylic acids is 1. The summed E-state index contributed by atoms with van der Waals surface area (Å²) in [4.78, 5) is 40.9. The van der Waals surface area contributed by atoms with Gasteiger partial charge in [-0.2, -0.15) is 11.8 Å². The molecule has 7 heteroatoms. The van der Waals surface area contributed by atoms with Gasteiger partial charge in [-0.15, -0.1) is 0 Å². The molecular weight excluding hydrogens is 364 g/mol. The van der Waals surface area contributed by atoms with Crippen LogP contribution < -0.4 is 0 Å². The highest BCUT2D eigenvalue weighted by Crippen LogP contribution is 2.20. The maximum atomic E-state index is 12.3. The van der Waals surface area contributed by atoms with E-state index in [4.69, 9.17) is 5.11 Å². The van der Waals surface area contributed by atoms with Gasteiger partial charge in [-0.1, -0.05) is 12.1 Å². The summed E-state index contributed by atoms with van der Waals surface area (Å²) in [6.07, 6.45) is 8.42. The van der Waals surface area contributed by atoms with Gasteiger partial charge in [-0.05, 0) is 43.2 Å². The van der Waals surface area contributed by atoms with E-state index in [2.05, 4.69) is 4.98 Å². The van der Waals surface area contributed by atoms with E-state index in [1.165, 1.54) is 0 Å². The molecule has 0 spiro atoms. The summed E-state index contributed by atoms with van der Waals surface area (Å²) in [5, 5.41) is 8.64. The molecule has 0 bridgehead atoms. The number of carbonyl (C=O) groups is 3. The Morgan fingerprint density at radius 3 is 2.93 bits per heavy atom. The number of amides is 1. The fraction of sp³-hybridized carbons (Fsp3) is 0.500. The third-order valence-corrected chi connectivity index (χ3v) is 5.40. The fourth-order valence-corrected chi connectivity index (χ4v) is 3.86. The summed E-state index contributed by atoms with van der Waals surface area (Å²) in [7, 11) is 0. The van der Waals surface area contributed by atoms with Gasteiger partial charge in [0.15, 0.2) is 5.78 Å². The van der Waals surface area contributed by atoms with Crippen molar-refractivity contribution >= 4 is 29.4 Å². The summed E-state index contributed by atoms with van der Waals surface area (Å²) in [6.45, 7) is 0.625. The minimum absolute atomic E-state index is 0.0188. The minimum atomic E-state index is -0.776. The molecule has 2 heterocycles. The van der Waals surface area contributed by atoms with Crippen molar-refractivity contribution in [2.75, 3.05) is 18.1 Å². The quantitative estimate of drug-likeness (QED) is 0.462. The van der Waals surface area contributed by atoms with Crippen LogP contribution in [0.2, 0.25) is 0 Å². The highest BCUT2D eigenvalue weighted by molar-refractivity contribution is 7.99. The standard InChI is InChI=1S/C20H26N2O4S/c23-18(15-16-5-1-2-11-21-16)10-9-17-6-3-7-19(24)22(17)12-14-27-13-4-8-20(25)26/h1-2,5,9-11,17H,3-4,6-8,12-15H2,(H,25,26)/t17-/m1/s1.